The van der Waals surface area contributed by atoms with Crippen LogP contribution in [0.15, 0.2) is 36.9 Å². The molecular weight excluding hydrogens is 707 g/mol. The summed E-state index contributed by atoms with van der Waals surface area (Å²) >= 11 is 7.84. The predicted octanol–water partition coefficient (Wildman–Crippen LogP) is 3.51. The van der Waals surface area contributed by atoms with Gasteiger partial charge in [0.1, 0.15) is 18.3 Å². The number of likely N-dealkylation sites (N-methyl/N-ethyl adjacent to an activating group) is 1. The SMILES string of the molecule is CNC(=O)[C@H]1O[C@@H](n2cnc3c(NCc4cccc(I)c4)ncnc32)[C@H](O[Si](C)(C)C(C)(C)C)[C@@H]1NC(=O)NC(=O)CCl. The van der Waals surface area contributed by atoms with Crippen molar-refractivity contribution in [1.29, 1.82) is 0 Å². The minimum absolute atomic E-state index is 0.213. The lowest BCUT2D eigenvalue weighted by Crippen LogP contribution is -2.58. The Bertz CT molecular complexity index is 1500. The fourth-order valence-electron chi connectivity index (χ4n) is 4.41. The van der Waals surface area contributed by atoms with Gasteiger partial charge in [-0.3, -0.25) is 19.5 Å². The number of halogens is 2. The van der Waals surface area contributed by atoms with Crippen LogP contribution in [-0.4, -0.2) is 76.9 Å². The third-order valence-electron chi connectivity index (χ3n) is 7.64. The first-order valence-electron chi connectivity index (χ1n) is 13.6. The van der Waals surface area contributed by atoms with E-state index in [1.807, 2.05) is 18.2 Å². The standard InChI is InChI=1S/C27H36ClIN8O5Si/c1-27(2,3)43(5,6)42-21-18(36-26(40)35-17(38)11-28)20(24(39)30-4)41-25(21)37-14-34-19-22(32-13-33-23(19)37)31-12-15-8-7-9-16(29)10-15/h7-10,13-14,18,20-21,25H,11-12H2,1-6H3,(H,30,39)(H,31,32,33)(H2,35,36,38,40)/t18-,20+,21-,25-/m1/s1. The van der Waals surface area contributed by atoms with E-state index >= 15 is 0 Å². The van der Waals surface area contributed by atoms with Crippen LogP contribution in [0.3, 0.4) is 0 Å². The Labute approximate surface area is 269 Å². The van der Waals surface area contributed by atoms with Gasteiger partial charge < -0.3 is 25.1 Å². The van der Waals surface area contributed by atoms with Crippen LogP contribution in [0.5, 0.6) is 0 Å². The van der Waals surface area contributed by atoms with Crippen molar-refractivity contribution in [2.24, 2.45) is 0 Å². The number of carbonyl (C=O) groups is 3. The number of aromatic nitrogens is 4. The number of alkyl halides is 1. The molecule has 3 aromatic rings. The number of imide groups is 1. The van der Waals surface area contributed by atoms with Crippen molar-refractivity contribution in [1.82, 2.24) is 35.5 Å². The second-order valence-electron chi connectivity index (χ2n) is 11.6. The predicted molar refractivity (Wildman–Crippen MR) is 173 cm³/mol. The molecule has 0 aliphatic carbocycles. The number of benzene rings is 1. The third-order valence-corrected chi connectivity index (χ3v) is 13.0. The van der Waals surface area contributed by atoms with Crippen LogP contribution in [0.1, 0.15) is 32.6 Å². The first-order valence-corrected chi connectivity index (χ1v) is 18.1. The molecule has 1 aliphatic heterocycles. The second-order valence-corrected chi connectivity index (χ2v) is 17.9. The van der Waals surface area contributed by atoms with Crippen molar-refractivity contribution in [3.63, 3.8) is 0 Å². The lowest BCUT2D eigenvalue weighted by molar-refractivity contribution is -0.134. The van der Waals surface area contributed by atoms with E-state index in [1.165, 1.54) is 13.4 Å². The van der Waals surface area contributed by atoms with Gasteiger partial charge in [0.2, 0.25) is 5.91 Å². The smallest absolute Gasteiger partial charge is 0.321 e. The number of amides is 4. The summed E-state index contributed by atoms with van der Waals surface area (Å²) in [6.45, 7) is 10.9. The molecule has 0 bridgehead atoms. The van der Waals surface area contributed by atoms with Gasteiger partial charge in [-0.05, 0) is 58.4 Å². The zero-order valence-electron chi connectivity index (χ0n) is 24.8. The maximum atomic E-state index is 13.1. The van der Waals surface area contributed by atoms with Gasteiger partial charge in [-0.2, -0.15) is 0 Å². The summed E-state index contributed by atoms with van der Waals surface area (Å²) in [5.41, 5.74) is 2.03. The summed E-state index contributed by atoms with van der Waals surface area (Å²) in [5, 5.41) is 10.6. The molecule has 0 radical (unpaired) electrons. The number of hydrogen-bond donors (Lipinski definition) is 4. The van der Waals surface area contributed by atoms with Crippen molar-refractivity contribution in [2.45, 2.75) is 69.9 Å². The van der Waals surface area contributed by atoms with Crippen molar-refractivity contribution in [2.75, 3.05) is 18.2 Å². The summed E-state index contributed by atoms with van der Waals surface area (Å²) in [6.07, 6.45) is 0.0689. The first-order chi connectivity index (χ1) is 20.3. The molecule has 0 unspecified atom stereocenters. The molecule has 0 spiro atoms. The van der Waals surface area contributed by atoms with Gasteiger partial charge in [0.25, 0.3) is 5.91 Å². The van der Waals surface area contributed by atoms with Gasteiger partial charge in [0.05, 0.1) is 12.4 Å². The van der Waals surface area contributed by atoms with Crippen molar-refractivity contribution in [3.05, 3.63) is 46.1 Å². The van der Waals surface area contributed by atoms with Gasteiger partial charge in [0, 0.05) is 17.2 Å². The van der Waals surface area contributed by atoms with Crippen molar-refractivity contribution in [3.8, 4) is 0 Å². The zero-order chi connectivity index (χ0) is 31.5. The van der Waals surface area contributed by atoms with Crippen LogP contribution < -0.4 is 21.3 Å². The quantitative estimate of drug-likeness (QED) is 0.146. The molecule has 43 heavy (non-hydrogen) atoms. The fourth-order valence-corrected chi connectivity index (χ4v) is 6.38. The van der Waals surface area contributed by atoms with Gasteiger partial charge in [0.15, 0.2) is 37.6 Å². The van der Waals surface area contributed by atoms with E-state index in [0.717, 1.165) is 9.13 Å². The second kappa shape index (κ2) is 13.4. The van der Waals surface area contributed by atoms with E-state index in [0.29, 0.717) is 23.5 Å². The molecule has 1 aromatic carbocycles. The van der Waals surface area contributed by atoms with Crippen LogP contribution in [0.4, 0.5) is 10.6 Å². The Morgan fingerprint density at radius 1 is 1.19 bits per heavy atom. The number of ether oxygens (including phenoxy) is 1. The number of anilines is 1. The molecule has 4 rings (SSSR count). The van der Waals surface area contributed by atoms with Crippen LogP contribution in [0.25, 0.3) is 11.2 Å². The van der Waals surface area contributed by atoms with E-state index in [1.54, 1.807) is 10.9 Å². The summed E-state index contributed by atoms with van der Waals surface area (Å²) in [4.78, 5) is 51.2. The molecule has 0 saturated carbocycles. The molecule has 13 nitrogen and oxygen atoms in total. The van der Waals surface area contributed by atoms with Gasteiger partial charge in [-0.15, -0.1) is 11.6 Å². The Morgan fingerprint density at radius 2 is 1.93 bits per heavy atom. The monoisotopic (exact) mass is 742 g/mol. The Hall–Kier alpha value is -2.86. The molecule has 1 aliphatic rings. The molecule has 3 heterocycles. The highest BCUT2D eigenvalue weighted by atomic mass is 127. The van der Waals surface area contributed by atoms with E-state index in [9.17, 15) is 14.4 Å². The van der Waals surface area contributed by atoms with Crippen LogP contribution in [-0.2, 0) is 25.3 Å². The number of imidazole rings is 1. The molecule has 1 fully saturated rings. The number of carbonyl (C=O) groups excluding carboxylic acids is 3. The highest BCUT2D eigenvalue weighted by Crippen LogP contribution is 2.42. The molecule has 2 aromatic heterocycles. The molecule has 232 valence electrons. The third kappa shape index (κ3) is 7.45. The lowest BCUT2D eigenvalue weighted by Gasteiger charge is -2.40. The van der Waals surface area contributed by atoms with Crippen molar-refractivity contribution >= 4 is 77.3 Å². The van der Waals surface area contributed by atoms with Crippen LogP contribution in [0.2, 0.25) is 18.1 Å². The molecule has 4 N–H and O–H groups in total. The van der Waals surface area contributed by atoms with Crippen LogP contribution in [0, 0.1) is 3.57 Å². The molecule has 4 atom stereocenters. The highest BCUT2D eigenvalue weighted by Gasteiger charge is 2.54. The molecular formula is C27H36ClIN8O5Si. The van der Waals surface area contributed by atoms with E-state index in [-0.39, 0.29) is 5.04 Å². The zero-order valence-corrected chi connectivity index (χ0v) is 28.7. The average Bonchev–Trinajstić information content (AvgIpc) is 3.52. The number of hydrogen-bond acceptors (Lipinski definition) is 9. The average molecular weight is 743 g/mol. The molecule has 4 amide bonds. The van der Waals surface area contributed by atoms with Crippen molar-refractivity contribution < 1.29 is 23.5 Å². The van der Waals surface area contributed by atoms with E-state index < -0.39 is 56.5 Å². The Morgan fingerprint density at radius 3 is 2.58 bits per heavy atom. The number of rotatable bonds is 9. The summed E-state index contributed by atoms with van der Waals surface area (Å²) in [7, 11) is -1.04. The number of fused-ring (bicyclic) bond motifs is 1. The largest absolute Gasteiger partial charge is 0.407 e. The summed E-state index contributed by atoms with van der Waals surface area (Å²) in [5.74, 6) is -1.03. The first kappa shape index (κ1) is 33.0. The minimum Gasteiger partial charge on any atom is -0.407 e. The fraction of sp³-hybridized carbons (Fsp3) is 0.481. The van der Waals surface area contributed by atoms with Gasteiger partial charge >= 0.3 is 6.03 Å². The van der Waals surface area contributed by atoms with Gasteiger partial charge in [-0.25, -0.2) is 19.7 Å². The summed E-state index contributed by atoms with van der Waals surface area (Å²) < 4.78 is 16.0. The lowest BCUT2D eigenvalue weighted by atomic mass is 10.1. The number of nitrogens with one attached hydrogen (secondary N) is 4. The Kier molecular flexibility index (Phi) is 10.3. The maximum Gasteiger partial charge on any atom is 0.321 e. The highest BCUT2D eigenvalue weighted by molar-refractivity contribution is 14.1. The Balaban J connectivity index is 1.73. The van der Waals surface area contributed by atoms with Gasteiger partial charge in [-0.1, -0.05) is 32.9 Å². The number of nitrogens with zero attached hydrogens (tertiary/aromatic N) is 4. The van der Waals surface area contributed by atoms with E-state index in [4.69, 9.17) is 20.8 Å². The summed E-state index contributed by atoms with van der Waals surface area (Å²) in [6, 6.07) is 6.30. The normalized spacial score (nSPS) is 20.6. The van der Waals surface area contributed by atoms with Crippen LogP contribution >= 0.6 is 34.2 Å². The van der Waals surface area contributed by atoms with E-state index in [2.05, 4.69) is 98.7 Å². The molecule has 16 heteroatoms. The number of urea groups is 1. The minimum atomic E-state index is -2.51. The topological polar surface area (TPSA) is 161 Å². The molecule has 1 saturated heterocycles. The maximum absolute atomic E-state index is 13.1.